The first-order valence-electron chi connectivity index (χ1n) is 13.5. The molecule has 0 fully saturated rings. The van der Waals surface area contributed by atoms with Crippen molar-refractivity contribution in [2.24, 2.45) is 0 Å². The van der Waals surface area contributed by atoms with Crippen molar-refractivity contribution in [3.05, 3.63) is 88.8 Å². The maximum atomic E-state index is 13.5. The van der Waals surface area contributed by atoms with Crippen molar-refractivity contribution >= 4 is 27.7 Å². The molecule has 1 heterocycles. The second-order valence-electron chi connectivity index (χ2n) is 10.2. The van der Waals surface area contributed by atoms with E-state index in [9.17, 15) is 27.9 Å². The molecule has 41 heavy (non-hydrogen) atoms. The molecule has 0 atom stereocenters. The summed E-state index contributed by atoms with van der Waals surface area (Å²) in [7, 11) is -2.81. The first kappa shape index (κ1) is 28.4. The molecule has 2 aromatic carbocycles. The van der Waals surface area contributed by atoms with Crippen molar-refractivity contribution in [1.82, 2.24) is 4.90 Å². The molecule has 214 valence electrons. The number of ketones is 2. The summed E-state index contributed by atoms with van der Waals surface area (Å²) in [5, 5.41) is 9.68. The predicted molar refractivity (Wildman–Crippen MR) is 150 cm³/mol. The summed E-state index contributed by atoms with van der Waals surface area (Å²) in [6, 6.07) is 11.1. The Bertz CT molecular complexity index is 1560. The Kier molecular flexibility index (Phi) is 7.86. The van der Waals surface area contributed by atoms with Gasteiger partial charge < -0.3 is 18.9 Å². The van der Waals surface area contributed by atoms with E-state index in [1.807, 2.05) is 0 Å². The van der Waals surface area contributed by atoms with E-state index in [0.717, 1.165) is 0 Å². The van der Waals surface area contributed by atoms with Gasteiger partial charge in [0.25, 0.3) is 0 Å². The van der Waals surface area contributed by atoms with Crippen LogP contribution in [0, 0.1) is 0 Å². The van der Waals surface area contributed by atoms with E-state index >= 15 is 0 Å². The number of carboxylic acid groups (broad SMARTS) is 1. The highest BCUT2D eigenvalue weighted by molar-refractivity contribution is 7.87. The molecule has 2 aliphatic carbocycles. The summed E-state index contributed by atoms with van der Waals surface area (Å²) in [6.45, 7) is 3.47. The van der Waals surface area contributed by atoms with Crippen molar-refractivity contribution in [3.63, 3.8) is 0 Å². The third-order valence-corrected chi connectivity index (χ3v) is 8.91. The molecular weight excluding hydrogens is 546 g/mol. The Labute approximate surface area is 238 Å². The van der Waals surface area contributed by atoms with Gasteiger partial charge in [0.1, 0.15) is 11.4 Å². The van der Waals surface area contributed by atoms with E-state index in [1.165, 1.54) is 19.2 Å². The van der Waals surface area contributed by atoms with Crippen molar-refractivity contribution in [1.29, 1.82) is 0 Å². The van der Waals surface area contributed by atoms with Gasteiger partial charge in [-0.25, -0.2) is 0 Å². The lowest BCUT2D eigenvalue weighted by molar-refractivity contribution is -0.138. The van der Waals surface area contributed by atoms with Gasteiger partial charge in [-0.3, -0.25) is 14.4 Å². The van der Waals surface area contributed by atoms with Crippen LogP contribution in [0.5, 0.6) is 11.5 Å². The van der Waals surface area contributed by atoms with Gasteiger partial charge in [0.2, 0.25) is 0 Å². The van der Waals surface area contributed by atoms with E-state index in [4.69, 9.17) is 8.92 Å². The second kappa shape index (κ2) is 11.4. The number of hydrogen-bond acceptors (Lipinski definition) is 8. The number of Topliss-reactive ketones (excluding diaryl/α,β-unsaturated/α-hetero) is 2. The lowest BCUT2D eigenvalue weighted by Crippen LogP contribution is -2.41. The molecule has 0 radical (unpaired) electrons. The van der Waals surface area contributed by atoms with Gasteiger partial charge in [0.05, 0.1) is 7.11 Å². The number of methoxy groups -OCH3 is 1. The minimum atomic E-state index is -4.20. The maximum Gasteiger partial charge on any atom is 0.339 e. The molecule has 2 aromatic rings. The third-order valence-electron chi connectivity index (χ3n) is 7.68. The molecule has 1 N–H and O–H groups in total. The van der Waals surface area contributed by atoms with Crippen molar-refractivity contribution in [2.75, 3.05) is 13.7 Å². The first-order valence-corrected chi connectivity index (χ1v) is 14.9. The Hall–Kier alpha value is -4.18. The van der Waals surface area contributed by atoms with Crippen molar-refractivity contribution in [2.45, 2.75) is 55.8 Å². The first-order chi connectivity index (χ1) is 19.7. The molecule has 1 aliphatic heterocycles. The molecule has 0 bridgehead atoms. The molecule has 0 unspecified atom stereocenters. The highest BCUT2D eigenvalue weighted by Gasteiger charge is 2.44. The van der Waals surface area contributed by atoms with Crippen LogP contribution in [0.1, 0.15) is 55.6 Å². The van der Waals surface area contributed by atoms with Crippen LogP contribution in [0.25, 0.3) is 0 Å². The average Bonchev–Trinajstić information content (AvgIpc) is 2.95. The summed E-state index contributed by atoms with van der Waals surface area (Å²) in [5.74, 6) is -1.92. The zero-order valence-electron chi connectivity index (χ0n) is 22.7. The summed E-state index contributed by atoms with van der Waals surface area (Å²) < 4.78 is 37.5. The maximum absolute atomic E-state index is 13.5. The van der Waals surface area contributed by atoms with Gasteiger partial charge in [-0.05, 0) is 55.9 Å². The van der Waals surface area contributed by atoms with Gasteiger partial charge in [-0.15, -0.1) is 6.58 Å². The molecule has 9 nitrogen and oxygen atoms in total. The normalized spacial score (nSPS) is 17.7. The van der Waals surface area contributed by atoms with Gasteiger partial charge in [0.15, 0.2) is 23.1 Å². The van der Waals surface area contributed by atoms with Crippen LogP contribution in [0.4, 0.5) is 0 Å². The molecule has 0 saturated carbocycles. The average molecular weight is 578 g/mol. The van der Waals surface area contributed by atoms with Crippen LogP contribution in [0.15, 0.2) is 82.6 Å². The minimum Gasteiger partial charge on any atom is -0.493 e. The molecule has 0 aromatic heterocycles. The number of aliphatic carboxylic acids is 1. The van der Waals surface area contributed by atoms with Crippen molar-refractivity contribution < 1.29 is 36.8 Å². The highest BCUT2D eigenvalue weighted by atomic mass is 32.2. The zero-order chi connectivity index (χ0) is 29.3. The minimum absolute atomic E-state index is 0.00309. The number of carbonyl (C=O) groups excluding carboxylic acids is 2. The van der Waals surface area contributed by atoms with E-state index in [2.05, 4.69) is 6.58 Å². The number of benzene rings is 2. The fraction of sp³-hybridized carbons (Fsp3) is 0.323. The van der Waals surface area contributed by atoms with Crippen molar-refractivity contribution in [3.8, 4) is 11.5 Å². The Morgan fingerprint density at radius 2 is 1.63 bits per heavy atom. The molecule has 10 heteroatoms. The predicted octanol–water partition coefficient (Wildman–Crippen LogP) is 4.69. The molecule has 0 spiro atoms. The highest BCUT2D eigenvalue weighted by Crippen LogP contribution is 2.50. The molecule has 0 amide bonds. The number of hydrogen-bond donors (Lipinski definition) is 1. The summed E-state index contributed by atoms with van der Waals surface area (Å²) >= 11 is 0. The second-order valence-corrected chi connectivity index (χ2v) is 11.8. The monoisotopic (exact) mass is 577 g/mol. The van der Waals surface area contributed by atoms with Crippen LogP contribution < -0.4 is 8.92 Å². The fourth-order valence-electron chi connectivity index (χ4n) is 6.02. The number of nitrogens with zero attached hydrogens (tertiary/aromatic N) is 1. The molecule has 3 aliphatic rings. The largest absolute Gasteiger partial charge is 0.493 e. The van der Waals surface area contributed by atoms with Gasteiger partial charge >= 0.3 is 16.1 Å². The number of carbonyl (C=O) groups is 3. The fourth-order valence-corrected chi connectivity index (χ4v) is 7.02. The van der Waals surface area contributed by atoms with Gasteiger partial charge in [-0.1, -0.05) is 30.3 Å². The molecule has 0 saturated heterocycles. The van der Waals surface area contributed by atoms with E-state index in [-0.39, 0.29) is 40.9 Å². The lowest BCUT2D eigenvalue weighted by Gasteiger charge is -2.43. The SMILES string of the molecule is C=CCc1cc(C2C3=C(CCCC3=O)N(CC(=O)O)C3=C2C(=O)CCC3)cc(OC)c1OS(=O)(=O)c1ccccc1. The van der Waals surface area contributed by atoms with E-state index in [1.54, 1.807) is 41.3 Å². The smallest absolute Gasteiger partial charge is 0.339 e. The summed E-state index contributed by atoms with van der Waals surface area (Å²) in [6.07, 6.45) is 4.62. The Morgan fingerprint density at radius 1 is 1.02 bits per heavy atom. The number of rotatable bonds is 9. The van der Waals surface area contributed by atoms with Gasteiger partial charge in [-0.2, -0.15) is 8.42 Å². The Balaban J connectivity index is 1.71. The topological polar surface area (TPSA) is 127 Å². The van der Waals surface area contributed by atoms with Crippen LogP contribution in [0.3, 0.4) is 0 Å². The zero-order valence-corrected chi connectivity index (χ0v) is 23.5. The summed E-state index contributed by atoms with van der Waals surface area (Å²) in [4.78, 5) is 40.4. The Morgan fingerprint density at radius 3 is 2.17 bits per heavy atom. The van der Waals surface area contributed by atoms with Crippen LogP contribution in [0.2, 0.25) is 0 Å². The number of ether oxygens (including phenoxy) is 1. The lowest BCUT2D eigenvalue weighted by atomic mass is 9.70. The van der Waals surface area contributed by atoms with Crippen LogP contribution >= 0.6 is 0 Å². The number of allylic oxidation sites excluding steroid dienone is 5. The van der Waals surface area contributed by atoms with E-state index in [0.29, 0.717) is 72.2 Å². The van der Waals surface area contributed by atoms with Crippen LogP contribution in [-0.4, -0.2) is 49.6 Å². The summed E-state index contributed by atoms with van der Waals surface area (Å²) in [5.41, 5.74) is 3.14. The third kappa shape index (κ3) is 5.31. The van der Waals surface area contributed by atoms with Gasteiger partial charge in [0, 0.05) is 46.9 Å². The number of carboxylic acids is 1. The standard InChI is InChI=1S/C31H31NO8S/c1-3-9-19-16-20(17-26(39-2)31(19)40-41(37,38)21-10-5-4-6-11-21)28-29-22(12-7-14-24(29)33)32(18-27(35)36)23-13-8-15-25(34)30(23)28/h3-6,10-11,16-17,28H,1,7-9,12-15,18H2,2H3,(H,35,36). The van der Waals surface area contributed by atoms with E-state index < -0.39 is 22.0 Å². The van der Waals surface area contributed by atoms with Crippen LogP contribution in [-0.2, 0) is 30.9 Å². The molecular formula is C31H31NO8S. The quantitative estimate of drug-likeness (QED) is 0.334. The molecule has 5 rings (SSSR count).